The lowest BCUT2D eigenvalue weighted by Crippen LogP contribution is -2.25. The maximum Gasteiger partial charge on any atom is 0.286 e. The number of carbonyl (C=O) groups is 3. The number of benzene rings is 2. The van der Waals surface area contributed by atoms with Gasteiger partial charge in [0, 0.05) is 24.0 Å². The smallest absolute Gasteiger partial charge is 0.286 e. The van der Waals surface area contributed by atoms with Crippen molar-refractivity contribution < 1.29 is 23.5 Å². The molecule has 0 spiro atoms. The molecule has 1 aliphatic heterocycles. The van der Waals surface area contributed by atoms with Crippen molar-refractivity contribution in [1.29, 1.82) is 0 Å². The van der Waals surface area contributed by atoms with E-state index in [0.29, 0.717) is 36.5 Å². The second kappa shape index (κ2) is 9.85. The monoisotopic (exact) mass is 478 g/mol. The van der Waals surface area contributed by atoms with E-state index in [1.165, 1.54) is 0 Å². The van der Waals surface area contributed by atoms with E-state index in [1.54, 1.807) is 19.2 Å². The standard InChI is InChI=1S/C26H26N2O5S/c1-14-11-19(12-15(2)23(14)32-4)25-27-20(16(3)33-25)9-10-21(29)18-7-5-17(6-8-18)13-22-24(30)28-26(31)34-22/h5-8,11-12,22H,9-10,13H2,1-4H3,(H,28,30,31). The fourth-order valence-corrected chi connectivity index (χ4v) is 4.98. The van der Waals surface area contributed by atoms with Gasteiger partial charge in [-0.15, -0.1) is 0 Å². The van der Waals surface area contributed by atoms with Gasteiger partial charge in [0.1, 0.15) is 11.5 Å². The minimum atomic E-state index is -0.420. The van der Waals surface area contributed by atoms with Crippen molar-refractivity contribution in [2.45, 2.75) is 45.3 Å². The van der Waals surface area contributed by atoms with Gasteiger partial charge in [0.2, 0.25) is 11.8 Å². The molecule has 34 heavy (non-hydrogen) atoms. The molecule has 1 aromatic heterocycles. The van der Waals surface area contributed by atoms with Crippen LogP contribution in [0.15, 0.2) is 40.8 Å². The molecule has 1 unspecified atom stereocenters. The molecule has 4 rings (SSSR count). The molecule has 8 heteroatoms. The number of aromatic nitrogens is 1. The molecule has 2 heterocycles. The van der Waals surface area contributed by atoms with Gasteiger partial charge in [0.05, 0.1) is 18.1 Å². The number of imide groups is 1. The van der Waals surface area contributed by atoms with Crippen molar-refractivity contribution in [3.05, 3.63) is 70.1 Å². The number of thioether (sulfide) groups is 1. The summed E-state index contributed by atoms with van der Waals surface area (Å²) >= 11 is 1.00. The van der Waals surface area contributed by atoms with Crippen molar-refractivity contribution in [3.8, 4) is 17.2 Å². The van der Waals surface area contributed by atoms with Crippen molar-refractivity contribution in [3.63, 3.8) is 0 Å². The van der Waals surface area contributed by atoms with Crippen molar-refractivity contribution in [1.82, 2.24) is 10.3 Å². The van der Waals surface area contributed by atoms with E-state index in [9.17, 15) is 14.4 Å². The number of carbonyl (C=O) groups excluding carboxylic acids is 3. The van der Waals surface area contributed by atoms with Crippen LogP contribution in [0.5, 0.6) is 5.75 Å². The van der Waals surface area contributed by atoms with Crippen LogP contribution in [0.4, 0.5) is 4.79 Å². The number of ether oxygens (including phenoxy) is 1. The van der Waals surface area contributed by atoms with Gasteiger partial charge in [0.25, 0.3) is 5.24 Å². The molecule has 0 aliphatic carbocycles. The summed E-state index contributed by atoms with van der Waals surface area (Å²) in [5.74, 6) is 1.83. The second-order valence-electron chi connectivity index (χ2n) is 8.37. The summed E-state index contributed by atoms with van der Waals surface area (Å²) in [4.78, 5) is 40.4. The molecule has 7 nitrogen and oxygen atoms in total. The van der Waals surface area contributed by atoms with Gasteiger partial charge in [-0.05, 0) is 56.0 Å². The molecule has 1 N–H and O–H groups in total. The van der Waals surface area contributed by atoms with E-state index in [-0.39, 0.29) is 16.9 Å². The molecule has 2 aromatic carbocycles. The molecule has 1 aliphatic rings. The summed E-state index contributed by atoms with van der Waals surface area (Å²) in [5, 5.41) is 1.55. The molecule has 0 bridgehead atoms. The van der Waals surface area contributed by atoms with Crippen LogP contribution < -0.4 is 10.1 Å². The Labute approximate surface area is 202 Å². The van der Waals surface area contributed by atoms with Gasteiger partial charge in [-0.3, -0.25) is 19.7 Å². The number of nitrogens with zero attached hydrogens (tertiary/aromatic N) is 1. The SMILES string of the molecule is COc1c(C)cc(-c2nc(CCC(=O)c3ccc(CC4SC(=O)NC4=O)cc3)c(C)o2)cc1C. The van der Waals surface area contributed by atoms with Crippen LogP contribution in [0.25, 0.3) is 11.5 Å². The van der Waals surface area contributed by atoms with E-state index in [1.807, 2.05) is 45.0 Å². The molecular formula is C26H26N2O5S. The minimum absolute atomic E-state index is 0.00907. The number of hydrogen-bond acceptors (Lipinski definition) is 7. The van der Waals surface area contributed by atoms with E-state index in [0.717, 1.165) is 45.5 Å². The average Bonchev–Trinajstić information content (AvgIpc) is 3.32. The lowest BCUT2D eigenvalue weighted by Gasteiger charge is -2.09. The molecule has 1 saturated heterocycles. The Morgan fingerprint density at radius 1 is 1.12 bits per heavy atom. The number of oxazole rings is 1. The zero-order valence-corrected chi connectivity index (χ0v) is 20.4. The Bertz CT molecular complexity index is 1240. The molecule has 2 amide bonds. The number of ketones is 1. The summed E-state index contributed by atoms with van der Waals surface area (Å²) in [5.41, 5.74) is 5.16. The summed E-state index contributed by atoms with van der Waals surface area (Å²) < 4.78 is 11.3. The van der Waals surface area contributed by atoms with E-state index in [4.69, 9.17) is 9.15 Å². The topological polar surface area (TPSA) is 98.5 Å². The maximum absolute atomic E-state index is 12.7. The summed E-state index contributed by atoms with van der Waals surface area (Å²) in [6, 6.07) is 11.2. The number of hydrogen-bond donors (Lipinski definition) is 1. The Kier molecular flexibility index (Phi) is 6.88. The predicted octanol–water partition coefficient (Wildman–Crippen LogP) is 4.99. The molecular weight excluding hydrogens is 452 g/mol. The lowest BCUT2D eigenvalue weighted by atomic mass is 10.0. The first-order valence-corrected chi connectivity index (χ1v) is 11.9. The van der Waals surface area contributed by atoms with Gasteiger partial charge >= 0.3 is 0 Å². The molecule has 1 fully saturated rings. The van der Waals surface area contributed by atoms with E-state index < -0.39 is 5.25 Å². The first kappa shape index (κ1) is 23.8. The van der Waals surface area contributed by atoms with Crippen LogP contribution in [0.1, 0.15) is 44.9 Å². The Morgan fingerprint density at radius 3 is 2.38 bits per heavy atom. The number of Topliss-reactive ketones (excluding diaryl/α,β-unsaturated/α-hetero) is 1. The molecule has 0 saturated carbocycles. The maximum atomic E-state index is 12.7. The fraction of sp³-hybridized carbons (Fsp3) is 0.308. The van der Waals surface area contributed by atoms with Crippen molar-refractivity contribution in [2.75, 3.05) is 7.11 Å². The Balaban J connectivity index is 1.39. The van der Waals surface area contributed by atoms with Gasteiger partial charge in [-0.1, -0.05) is 36.0 Å². The average molecular weight is 479 g/mol. The molecule has 1 atom stereocenters. The van der Waals surface area contributed by atoms with Crippen LogP contribution in [-0.2, 0) is 17.6 Å². The summed E-state index contributed by atoms with van der Waals surface area (Å²) in [6.07, 6.45) is 1.23. The van der Waals surface area contributed by atoms with Crippen LogP contribution in [0.2, 0.25) is 0 Å². The third-order valence-corrected chi connectivity index (χ3v) is 6.84. The van der Waals surface area contributed by atoms with Crippen LogP contribution in [0.3, 0.4) is 0 Å². The first-order chi connectivity index (χ1) is 16.2. The highest BCUT2D eigenvalue weighted by molar-refractivity contribution is 8.15. The van der Waals surface area contributed by atoms with Crippen molar-refractivity contribution in [2.24, 2.45) is 0 Å². The third-order valence-electron chi connectivity index (χ3n) is 5.86. The van der Waals surface area contributed by atoms with Gasteiger partial charge < -0.3 is 9.15 Å². The molecule has 3 aromatic rings. The minimum Gasteiger partial charge on any atom is -0.496 e. The Morgan fingerprint density at radius 2 is 1.79 bits per heavy atom. The molecule has 0 radical (unpaired) electrons. The van der Waals surface area contributed by atoms with Crippen LogP contribution >= 0.6 is 11.8 Å². The number of rotatable bonds is 8. The quantitative estimate of drug-likeness (QED) is 0.456. The summed E-state index contributed by atoms with van der Waals surface area (Å²) in [6.45, 7) is 5.82. The van der Waals surface area contributed by atoms with Crippen LogP contribution in [0, 0.1) is 20.8 Å². The van der Waals surface area contributed by atoms with E-state index >= 15 is 0 Å². The zero-order valence-electron chi connectivity index (χ0n) is 19.6. The van der Waals surface area contributed by atoms with E-state index in [2.05, 4.69) is 10.3 Å². The third kappa shape index (κ3) is 5.07. The Hall–Kier alpha value is -3.39. The highest BCUT2D eigenvalue weighted by Gasteiger charge is 2.31. The predicted molar refractivity (Wildman–Crippen MR) is 130 cm³/mol. The van der Waals surface area contributed by atoms with Crippen LogP contribution in [-0.4, -0.2) is 34.3 Å². The number of nitrogens with one attached hydrogen (secondary N) is 1. The first-order valence-electron chi connectivity index (χ1n) is 11.0. The second-order valence-corrected chi connectivity index (χ2v) is 9.55. The number of aryl methyl sites for hydroxylation is 4. The highest BCUT2D eigenvalue weighted by Crippen LogP contribution is 2.31. The molecule has 176 valence electrons. The summed E-state index contributed by atoms with van der Waals surface area (Å²) in [7, 11) is 1.65. The normalized spacial score (nSPS) is 15.5. The van der Waals surface area contributed by atoms with Gasteiger partial charge in [-0.2, -0.15) is 0 Å². The zero-order chi connectivity index (χ0) is 24.4. The van der Waals surface area contributed by atoms with Crippen molar-refractivity contribution >= 4 is 28.7 Å². The largest absolute Gasteiger partial charge is 0.496 e. The fourth-order valence-electron chi connectivity index (χ4n) is 4.12. The number of methoxy groups -OCH3 is 1. The highest BCUT2D eigenvalue weighted by atomic mass is 32.2. The van der Waals surface area contributed by atoms with Gasteiger partial charge in [0.15, 0.2) is 5.78 Å². The number of amides is 2. The van der Waals surface area contributed by atoms with Gasteiger partial charge in [-0.25, -0.2) is 4.98 Å². The lowest BCUT2D eigenvalue weighted by molar-refractivity contribution is -0.118.